The van der Waals surface area contributed by atoms with Crippen molar-refractivity contribution in [3.8, 4) is 5.75 Å². The van der Waals surface area contributed by atoms with Gasteiger partial charge in [0.05, 0.1) is 13.2 Å². The van der Waals surface area contributed by atoms with Crippen molar-refractivity contribution in [2.75, 3.05) is 38.4 Å². The van der Waals surface area contributed by atoms with Crippen molar-refractivity contribution in [1.82, 2.24) is 0 Å². The summed E-state index contributed by atoms with van der Waals surface area (Å²) in [6.07, 6.45) is 0. The van der Waals surface area contributed by atoms with Gasteiger partial charge in [0.25, 0.3) is 0 Å². The highest BCUT2D eigenvalue weighted by atomic mass is 16.5. The summed E-state index contributed by atoms with van der Waals surface area (Å²) >= 11 is 0. The number of carbonyl (C=O) groups is 2. The predicted molar refractivity (Wildman–Crippen MR) is 80.3 cm³/mol. The summed E-state index contributed by atoms with van der Waals surface area (Å²) in [5, 5.41) is 11.3. The first-order chi connectivity index (χ1) is 10.5. The monoisotopic (exact) mass is 311 g/mol. The highest BCUT2D eigenvalue weighted by Crippen LogP contribution is 2.21. The molecule has 0 aliphatic rings. The number of aliphatic carboxylic acids is 1. The van der Waals surface area contributed by atoms with Gasteiger partial charge in [0, 0.05) is 12.3 Å². The number of carboxylic acids is 1. The molecular formula is C15H21NO6. The summed E-state index contributed by atoms with van der Waals surface area (Å²) in [7, 11) is 0. The maximum atomic E-state index is 11.7. The van der Waals surface area contributed by atoms with Gasteiger partial charge in [-0.25, -0.2) is 4.79 Å². The number of benzene rings is 1. The van der Waals surface area contributed by atoms with Crippen LogP contribution in [-0.4, -0.2) is 50.0 Å². The van der Waals surface area contributed by atoms with Gasteiger partial charge in [-0.15, -0.1) is 0 Å². The molecule has 0 aromatic heterocycles. The minimum absolute atomic E-state index is 0.0518. The second-order valence-electron chi connectivity index (χ2n) is 4.46. The van der Waals surface area contributed by atoms with E-state index in [1.165, 1.54) is 0 Å². The Morgan fingerprint density at radius 2 is 1.91 bits per heavy atom. The Kier molecular flexibility index (Phi) is 7.95. The molecule has 0 saturated heterocycles. The average Bonchev–Trinajstić information content (AvgIpc) is 2.47. The van der Waals surface area contributed by atoms with Crippen LogP contribution in [-0.2, 0) is 19.1 Å². The smallest absolute Gasteiger partial charge is 0.341 e. The van der Waals surface area contributed by atoms with E-state index in [1.54, 1.807) is 25.1 Å². The SMILES string of the molecule is CCOCCOCC(=O)Nc1ccc(OCC(=O)O)cc1C. The van der Waals surface area contributed by atoms with Crippen LogP contribution in [0.4, 0.5) is 5.69 Å². The van der Waals surface area contributed by atoms with E-state index in [2.05, 4.69) is 5.32 Å². The Morgan fingerprint density at radius 3 is 2.55 bits per heavy atom. The van der Waals surface area contributed by atoms with Crippen molar-refractivity contribution in [3.05, 3.63) is 23.8 Å². The van der Waals surface area contributed by atoms with Crippen molar-refractivity contribution >= 4 is 17.6 Å². The summed E-state index contributed by atoms with van der Waals surface area (Å²) < 4.78 is 15.3. The number of amides is 1. The fourth-order valence-corrected chi connectivity index (χ4v) is 1.62. The number of carbonyl (C=O) groups excluding carboxylic acids is 1. The van der Waals surface area contributed by atoms with Crippen molar-refractivity contribution in [2.45, 2.75) is 13.8 Å². The zero-order valence-electron chi connectivity index (χ0n) is 12.8. The first kappa shape index (κ1) is 17.9. The number of anilines is 1. The van der Waals surface area contributed by atoms with E-state index >= 15 is 0 Å². The molecule has 2 N–H and O–H groups in total. The molecule has 0 unspecified atom stereocenters. The van der Waals surface area contributed by atoms with Crippen LogP contribution in [0.15, 0.2) is 18.2 Å². The summed E-state index contributed by atoms with van der Waals surface area (Å²) in [5.41, 5.74) is 1.40. The standard InChI is InChI=1S/C15H21NO6/c1-3-20-6-7-21-9-14(17)16-13-5-4-12(8-11(13)2)22-10-15(18)19/h4-5,8H,3,6-7,9-10H2,1-2H3,(H,16,17)(H,18,19). The molecule has 0 radical (unpaired) electrons. The summed E-state index contributed by atoms with van der Waals surface area (Å²) in [5.74, 6) is -0.871. The molecule has 1 rings (SSSR count). The molecule has 0 heterocycles. The summed E-state index contributed by atoms with van der Waals surface area (Å²) in [4.78, 5) is 22.1. The lowest BCUT2D eigenvalue weighted by Crippen LogP contribution is -2.20. The molecule has 0 fully saturated rings. The number of aryl methyl sites for hydroxylation is 1. The van der Waals surface area contributed by atoms with E-state index in [4.69, 9.17) is 19.3 Å². The van der Waals surface area contributed by atoms with Gasteiger partial charge in [0.1, 0.15) is 12.4 Å². The van der Waals surface area contributed by atoms with Crippen LogP contribution in [0.3, 0.4) is 0 Å². The molecule has 1 aromatic carbocycles. The first-order valence-electron chi connectivity index (χ1n) is 6.93. The normalized spacial score (nSPS) is 10.3. The maximum absolute atomic E-state index is 11.7. The topological polar surface area (TPSA) is 94.1 Å². The van der Waals surface area contributed by atoms with E-state index in [1.807, 2.05) is 6.92 Å². The third-order valence-corrected chi connectivity index (χ3v) is 2.64. The molecule has 0 spiro atoms. The van der Waals surface area contributed by atoms with Crippen molar-refractivity contribution < 1.29 is 28.9 Å². The lowest BCUT2D eigenvalue weighted by molar-refractivity contribution is -0.139. The minimum Gasteiger partial charge on any atom is -0.482 e. The van der Waals surface area contributed by atoms with Crippen LogP contribution in [0, 0.1) is 6.92 Å². The summed E-state index contributed by atoms with van der Waals surface area (Å²) in [6, 6.07) is 4.92. The molecule has 1 aromatic rings. The molecule has 0 saturated carbocycles. The molecule has 122 valence electrons. The Balaban J connectivity index is 2.41. The lowest BCUT2D eigenvalue weighted by atomic mass is 10.2. The predicted octanol–water partition coefficient (Wildman–Crippen LogP) is 1.45. The van der Waals surface area contributed by atoms with E-state index in [0.29, 0.717) is 31.3 Å². The number of rotatable bonds is 10. The number of ether oxygens (including phenoxy) is 3. The molecule has 22 heavy (non-hydrogen) atoms. The molecule has 1 amide bonds. The van der Waals surface area contributed by atoms with Gasteiger partial charge in [0.15, 0.2) is 6.61 Å². The van der Waals surface area contributed by atoms with E-state index < -0.39 is 12.6 Å². The van der Waals surface area contributed by atoms with E-state index in [-0.39, 0.29) is 12.5 Å². The summed E-state index contributed by atoms with van der Waals surface area (Å²) in [6.45, 7) is 4.66. The molecule has 0 aliphatic carbocycles. The van der Waals surface area contributed by atoms with Gasteiger partial charge < -0.3 is 24.6 Å². The van der Waals surface area contributed by atoms with E-state index in [0.717, 1.165) is 5.56 Å². The zero-order valence-corrected chi connectivity index (χ0v) is 12.8. The minimum atomic E-state index is -1.04. The average molecular weight is 311 g/mol. The molecular weight excluding hydrogens is 290 g/mol. The second-order valence-corrected chi connectivity index (χ2v) is 4.46. The second kappa shape index (κ2) is 9.75. The van der Waals surface area contributed by atoms with Crippen molar-refractivity contribution in [2.24, 2.45) is 0 Å². The fourth-order valence-electron chi connectivity index (χ4n) is 1.62. The molecule has 0 atom stereocenters. The lowest BCUT2D eigenvalue weighted by Gasteiger charge is -2.11. The quantitative estimate of drug-likeness (QED) is 0.635. The van der Waals surface area contributed by atoms with Crippen LogP contribution in [0.5, 0.6) is 5.75 Å². The Labute approximate surface area is 129 Å². The molecule has 0 bridgehead atoms. The third kappa shape index (κ3) is 7.05. The van der Waals surface area contributed by atoms with Gasteiger partial charge >= 0.3 is 5.97 Å². The highest BCUT2D eigenvalue weighted by Gasteiger charge is 2.07. The van der Waals surface area contributed by atoms with Crippen molar-refractivity contribution in [1.29, 1.82) is 0 Å². The van der Waals surface area contributed by atoms with Gasteiger partial charge in [-0.1, -0.05) is 0 Å². The number of carboxylic acid groups (broad SMARTS) is 1. The molecule has 7 heteroatoms. The number of hydrogen-bond donors (Lipinski definition) is 2. The van der Waals surface area contributed by atoms with E-state index in [9.17, 15) is 9.59 Å². The highest BCUT2D eigenvalue weighted by molar-refractivity contribution is 5.92. The maximum Gasteiger partial charge on any atom is 0.341 e. The Hall–Kier alpha value is -2.12. The Morgan fingerprint density at radius 1 is 1.18 bits per heavy atom. The first-order valence-corrected chi connectivity index (χ1v) is 6.93. The van der Waals surface area contributed by atoms with Crippen LogP contribution >= 0.6 is 0 Å². The fraction of sp³-hybridized carbons (Fsp3) is 0.467. The van der Waals surface area contributed by atoms with Gasteiger partial charge in [-0.3, -0.25) is 4.79 Å². The van der Waals surface area contributed by atoms with Crippen LogP contribution in [0.2, 0.25) is 0 Å². The zero-order chi connectivity index (χ0) is 16.4. The van der Waals surface area contributed by atoms with Crippen LogP contribution in [0.1, 0.15) is 12.5 Å². The van der Waals surface area contributed by atoms with Crippen LogP contribution in [0.25, 0.3) is 0 Å². The largest absolute Gasteiger partial charge is 0.482 e. The van der Waals surface area contributed by atoms with Crippen molar-refractivity contribution in [3.63, 3.8) is 0 Å². The number of hydrogen-bond acceptors (Lipinski definition) is 5. The number of nitrogens with one attached hydrogen (secondary N) is 1. The molecule has 0 aliphatic heterocycles. The Bertz CT molecular complexity index is 503. The van der Waals surface area contributed by atoms with Gasteiger partial charge in [-0.05, 0) is 37.6 Å². The van der Waals surface area contributed by atoms with Gasteiger partial charge in [-0.2, -0.15) is 0 Å². The molecule has 7 nitrogen and oxygen atoms in total. The third-order valence-electron chi connectivity index (χ3n) is 2.64. The van der Waals surface area contributed by atoms with Crippen LogP contribution < -0.4 is 10.1 Å². The van der Waals surface area contributed by atoms with Gasteiger partial charge in [0.2, 0.25) is 5.91 Å².